The molecule has 1 aromatic rings. The number of aldehydes is 1. The molecule has 3 heteroatoms. The molecule has 0 radical (unpaired) electrons. The summed E-state index contributed by atoms with van der Waals surface area (Å²) in [5, 5.41) is 0. The molecule has 0 spiro atoms. The van der Waals surface area contributed by atoms with E-state index in [0.717, 1.165) is 27.9 Å². The fourth-order valence-corrected chi connectivity index (χ4v) is 3.22. The predicted molar refractivity (Wildman–Crippen MR) is 79.4 cm³/mol. The Morgan fingerprint density at radius 2 is 2.17 bits per heavy atom. The molecule has 2 rings (SSSR count). The van der Waals surface area contributed by atoms with Crippen molar-refractivity contribution in [3.63, 3.8) is 0 Å². The Morgan fingerprint density at radius 1 is 1.39 bits per heavy atom. The molecule has 1 aliphatic rings. The molecular formula is C15H20BrNO. The minimum Gasteiger partial charge on any atom is -0.371 e. The van der Waals surface area contributed by atoms with Gasteiger partial charge >= 0.3 is 0 Å². The van der Waals surface area contributed by atoms with Crippen LogP contribution >= 0.6 is 15.9 Å². The molecule has 98 valence electrons. The minimum atomic E-state index is 0.557. The van der Waals surface area contributed by atoms with Crippen LogP contribution in [0.25, 0.3) is 0 Å². The van der Waals surface area contributed by atoms with Crippen molar-refractivity contribution >= 4 is 27.9 Å². The summed E-state index contributed by atoms with van der Waals surface area (Å²) in [4.78, 5) is 13.4. The van der Waals surface area contributed by atoms with Crippen molar-refractivity contribution in [3.05, 3.63) is 28.2 Å². The second-order valence-corrected chi connectivity index (χ2v) is 6.27. The second-order valence-electron chi connectivity index (χ2n) is 5.36. The molecule has 0 N–H and O–H groups in total. The molecule has 1 fully saturated rings. The predicted octanol–water partition coefficient (Wildman–Crippen LogP) is 4.28. The molecule has 2 unspecified atom stereocenters. The van der Waals surface area contributed by atoms with Crippen molar-refractivity contribution in [2.75, 3.05) is 11.9 Å². The van der Waals surface area contributed by atoms with Crippen molar-refractivity contribution in [3.8, 4) is 0 Å². The molecule has 0 bridgehead atoms. The average Bonchev–Trinajstić information content (AvgIpc) is 2.38. The van der Waals surface area contributed by atoms with Gasteiger partial charge in [-0.1, -0.05) is 35.7 Å². The van der Waals surface area contributed by atoms with Crippen LogP contribution in [0.3, 0.4) is 0 Å². The molecule has 1 saturated carbocycles. The highest BCUT2D eigenvalue weighted by molar-refractivity contribution is 9.10. The number of anilines is 1. The highest BCUT2D eigenvalue weighted by Crippen LogP contribution is 2.32. The Bertz CT molecular complexity index is 433. The number of hydrogen-bond donors (Lipinski definition) is 0. The molecule has 0 aromatic heterocycles. The van der Waals surface area contributed by atoms with Crippen molar-refractivity contribution in [1.82, 2.24) is 0 Å². The molecular weight excluding hydrogens is 290 g/mol. The Balaban J connectivity index is 2.24. The number of hydrogen-bond acceptors (Lipinski definition) is 2. The normalized spacial score (nSPS) is 23.7. The topological polar surface area (TPSA) is 20.3 Å². The zero-order chi connectivity index (χ0) is 13.1. The first kappa shape index (κ1) is 13.6. The van der Waals surface area contributed by atoms with E-state index in [0.29, 0.717) is 6.04 Å². The number of benzene rings is 1. The number of carbonyl (C=O) groups excluding carboxylic acids is 1. The van der Waals surface area contributed by atoms with Gasteiger partial charge in [0, 0.05) is 28.8 Å². The van der Waals surface area contributed by atoms with E-state index in [1.54, 1.807) is 0 Å². The van der Waals surface area contributed by atoms with E-state index in [4.69, 9.17) is 0 Å². The smallest absolute Gasteiger partial charge is 0.152 e. The van der Waals surface area contributed by atoms with Crippen LogP contribution in [0.5, 0.6) is 0 Å². The zero-order valence-corrected chi connectivity index (χ0v) is 12.6. The van der Waals surface area contributed by atoms with E-state index in [1.807, 2.05) is 18.2 Å². The molecule has 18 heavy (non-hydrogen) atoms. The molecule has 1 aliphatic carbocycles. The van der Waals surface area contributed by atoms with Gasteiger partial charge in [0.05, 0.1) is 0 Å². The van der Waals surface area contributed by atoms with Crippen LogP contribution in [0.2, 0.25) is 0 Å². The number of nitrogens with zero attached hydrogens (tertiary/aromatic N) is 1. The summed E-state index contributed by atoms with van der Waals surface area (Å²) >= 11 is 3.49. The van der Waals surface area contributed by atoms with Gasteiger partial charge in [0.1, 0.15) is 0 Å². The lowest BCUT2D eigenvalue weighted by molar-refractivity contribution is 0.112. The van der Waals surface area contributed by atoms with Crippen LogP contribution in [-0.2, 0) is 0 Å². The fraction of sp³-hybridized carbons (Fsp3) is 0.533. The average molecular weight is 310 g/mol. The van der Waals surface area contributed by atoms with E-state index >= 15 is 0 Å². The number of rotatable bonds is 3. The van der Waals surface area contributed by atoms with Gasteiger partial charge in [-0.3, -0.25) is 4.79 Å². The van der Waals surface area contributed by atoms with Crippen LogP contribution in [0.4, 0.5) is 5.69 Å². The van der Waals surface area contributed by atoms with Crippen LogP contribution in [0, 0.1) is 5.92 Å². The van der Waals surface area contributed by atoms with Crippen molar-refractivity contribution in [2.24, 2.45) is 5.92 Å². The Hall–Kier alpha value is -0.830. The minimum absolute atomic E-state index is 0.557. The molecule has 0 aliphatic heterocycles. The highest BCUT2D eigenvalue weighted by atomic mass is 79.9. The molecule has 0 amide bonds. The summed E-state index contributed by atoms with van der Waals surface area (Å²) in [6, 6.07) is 6.41. The van der Waals surface area contributed by atoms with Gasteiger partial charge < -0.3 is 4.90 Å². The summed E-state index contributed by atoms with van der Waals surface area (Å²) in [5.41, 5.74) is 1.82. The van der Waals surface area contributed by atoms with E-state index in [-0.39, 0.29) is 0 Å². The first-order valence-electron chi connectivity index (χ1n) is 6.59. The molecule has 0 heterocycles. The van der Waals surface area contributed by atoms with Crippen molar-refractivity contribution in [1.29, 1.82) is 0 Å². The summed E-state index contributed by atoms with van der Waals surface area (Å²) in [6.45, 7) is 2.32. The Kier molecular flexibility index (Phi) is 4.44. The van der Waals surface area contributed by atoms with Gasteiger partial charge in [-0.05, 0) is 37.0 Å². The summed E-state index contributed by atoms with van der Waals surface area (Å²) in [5.74, 6) is 0.790. The third-order valence-corrected chi connectivity index (χ3v) is 4.45. The molecule has 1 aromatic carbocycles. The first-order chi connectivity index (χ1) is 8.61. The maximum atomic E-state index is 11.1. The second kappa shape index (κ2) is 5.87. The quantitative estimate of drug-likeness (QED) is 0.777. The standard InChI is InChI=1S/C15H20BrNO/c1-11-4-3-5-14(8-11)17(2)15-9-13(16)7-6-12(15)10-18/h6-7,9-11,14H,3-5,8H2,1-2H3. The van der Waals surface area contributed by atoms with Gasteiger partial charge in [0.15, 0.2) is 6.29 Å². The highest BCUT2D eigenvalue weighted by Gasteiger charge is 2.23. The number of carbonyl (C=O) groups is 1. The lowest BCUT2D eigenvalue weighted by Gasteiger charge is -2.36. The van der Waals surface area contributed by atoms with Gasteiger partial charge in [-0.25, -0.2) is 0 Å². The lowest BCUT2D eigenvalue weighted by atomic mass is 9.86. The Morgan fingerprint density at radius 3 is 2.83 bits per heavy atom. The van der Waals surface area contributed by atoms with Crippen molar-refractivity contribution in [2.45, 2.75) is 38.6 Å². The van der Waals surface area contributed by atoms with Gasteiger partial charge in [0.25, 0.3) is 0 Å². The van der Waals surface area contributed by atoms with Gasteiger partial charge in [-0.2, -0.15) is 0 Å². The summed E-state index contributed by atoms with van der Waals surface area (Å²) in [6.07, 6.45) is 6.03. The monoisotopic (exact) mass is 309 g/mol. The zero-order valence-electron chi connectivity index (χ0n) is 11.0. The van der Waals surface area contributed by atoms with Crippen LogP contribution in [0.1, 0.15) is 43.0 Å². The third kappa shape index (κ3) is 2.94. The SMILES string of the molecule is CC1CCCC(N(C)c2cc(Br)ccc2C=O)C1. The van der Waals surface area contributed by atoms with Crippen molar-refractivity contribution < 1.29 is 4.79 Å². The maximum absolute atomic E-state index is 11.1. The maximum Gasteiger partial charge on any atom is 0.152 e. The van der Waals surface area contributed by atoms with Crippen LogP contribution < -0.4 is 4.90 Å². The van der Waals surface area contributed by atoms with Gasteiger partial charge in [0.2, 0.25) is 0 Å². The Labute approximate surface area is 117 Å². The molecule has 2 nitrogen and oxygen atoms in total. The van der Waals surface area contributed by atoms with Gasteiger partial charge in [-0.15, -0.1) is 0 Å². The third-order valence-electron chi connectivity index (χ3n) is 3.96. The lowest BCUT2D eigenvalue weighted by Crippen LogP contribution is -2.36. The molecule has 0 saturated heterocycles. The van der Waals surface area contributed by atoms with E-state index in [1.165, 1.54) is 25.7 Å². The van der Waals surface area contributed by atoms with Crippen LogP contribution in [0.15, 0.2) is 22.7 Å². The summed E-state index contributed by atoms with van der Waals surface area (Å²) in [7, 11) is 2.11. The fourth-order valence-electron chi connectivity index (χ4n) is 2.87. The van der Waals surface area contributed by atoms with E-state index in [9.17, 15) is 4.79 Å². The van der Waals surface area contributed by atoms with Crippen LogP contribution in [-0.4, -0.2) is 19.4 Å². The first-order valence-corrected chi connectivity index (χ1v) is 7.38. The van der Waals surface area contributed by atoms with E-state index in [2.05, 4.69) is 34.8 Å². The molecule has 2 atom stereocenters. The summed E-state index contributed by atoms with van der Waals surface area (Å²) < 4.78 is 1.03. The largest absolute Gasteiger partial charge is 0.371 e. The van der Waals surface area contributed by atoms with E-state index < -0.39 is 0 Å². The number of halogens is 1.